The zero-order valence-electron chi connectivity index (χ0n) is 27.8. The highest BCUT2D eigenvalue weighted by atomic mass is 35.5. The van der Waals surface area contributed by atoms with Gasteiger partial charge in [0.1, 0.15) is 28.8 Å². The summed E-state index contributed by atoms with van der Waals surface area (Å²) in [6.07, 6.45) is 3.76. The molecule has 0 radical (unpaired) electrons. The molecule has 1 aliphatic heterocycles. The van der Waals surface area contributed by atoms with Crippen molar-refractivity contribution in [2.45, 2.75) is 38.4 Å². The summed E-state index contributed by atoms with van der Waals surface area (Å²) in [5.74, 6) is 0.718. The van der Waals surface area contributed by atoms with Crippen LogP contribution in [0.1, 0.15) is 19.4 Å². The molecule has 0 atom stereocenters. The summed E-state index contributed by atoms with van der Waals surface area (Å²) in [6, 6.07) is 14.6. The Kier molecular flexibility index (Phi) is 10.3. The van der Waals surface area contributed by atoms with Crippen molar-refractivity contribution in [2.24, 2.45) is 0 Å². The molecule has 3 heterocycles. The smallest absolute Gasteiger partial charge is 0.266 e. The van der Waals surface area contributed by atoms with Crippen LogP contribution < -0.4 is 25.7 Å². The maximum absolute atomic E-state index is 14.1. The summed E-state index contributed by atoms with van der Waals surface area (Å²) < 4.78 is 17.8. The van der Waals surface area contributed by atoms with Gasteiger partial charge in [0.15, 0.2) is 0 Å². The maximum Gasteiger partial charge on any atom is 0.266 e. The molecule has 12 nitrogen and oxygen atoms in total. The van der Waals surface area contributed by atoms with E-state index in [1.807, 2.05) is 45.2 Å². The minimum atomic E-state index is -0.541. The van der Waals surface area contributed by atoms with Gasteiger partial charge >= 0.3 is 0 Å². The van der Waals surface area contributed by atoms with Gasteiger partial charge in [-0.2, -0.15) is 10.2 Å². The van der Waals surface area contributed by atoms with Crippen LogP contribution in [0.3, 0.4) is 0 Å². The maximum atomic E-state index is 14.1. The Morgan fingerprint density at radius 3 is 2.62 bits per heavy atom. The predicted octanol–water partition coefficient (Wildman–Crippen LogP) is 4.91. The number of anilines is 2. The Hall–Kier alpha value is -4.96. The van der Waals surface area contributed by atoms with Crippen LogP contribution in [-0.4, -0.2) is 78.5 Å². The Morgan fingerprint density at radius 1 is 1.21 bits per heavy atom. The van der Waals surface area contributed by atoms with Crippen molar-refractivity contribution in [1.82, 2.24) is 19.4 Å². The molecule has 2 N–H and O–H groups in total. The number of halogens is 1. The van der Waals surface area contributed by atoms with Gasteiger partial charge in [0.25, 0.3) is 11.5 Å². The summed E-state index contributed by atoms with van der Waals surface area (Å²) in [6.45, 7) is 5.41. The van der Waals surface area contributed by atoms with E-state index < -0.39 is 11.4 Å². The number of hydrogen-bond acceptors (Lipinski definition) is 10. The van der Waals surface area contributed by atoms with Crippen LogP contribution in [0.5, 0.6) is 11.5 Å². The number of methoxy groups -OCH3 is 2. The molecule has 1 aliphatic rings. The molecule has 1 amide bonds. The number of ether oxygens (including phenoxy) is 3. The minimum absolute atomic E-state index is 0.0141. The van der Waals surface area contributed by atoms with Gasteiger partial charge in [0, 0.05) is 53.6 Å². The van der Waals surface area contributed by atoms with Crippen LogP contribution in [0.25, 0.3) is 22.2 Å². The SMILES string of the molecule is CNc1ncc2cc(-c3cc(OC)cc(OC)c3Cl)c(=O)n(CCc3cccc(NC(=O)C(C#N)=CC(C)(C)N(C)C4COC4)c3)c2n1. The molecule has 2 aromatic heterocycles. The quantitative estimate of drug-likeness (QED) is 0.157. The molecule has 1 saturated heterocycles. The normalized spacial score (nSPS) is 13.6. The van der Waals surface area contributed by atoms with E-state index in [0.717, 1.165) is 5.56 Å². The first-order chi connectivity index (χ1) is 23.0. The third kappa shape index (κ3) is 7.13. The Morgan fingerprint density at radius 2 is 1.98 bits per heavy atom. The van der Waals surface area contributed by atoms with E-state index in [9.17, 15) is 14.9 Å². The monoisotopic (exact) mass is 671 g/mol. The van der Waals surface area contributed by atoms with Crippen molar-refractivity contribution in [3.8, 4) is 28.7 Å². The number of benzene rings is 2. The third-order valence-corrected chi connectivity index (χ3v) is 8.95. The number of aromatic nitrogens is 3. The Balaban J connectivity index is 1.44. The van der Waals surface area contributed by atoms with E-state index >= 15 is 0 Å². The molecular weight excluding hydrogens is 634 g/mol. The number of nitriles is 1. The van der Waals surface area contributed by atoms with Gasteiger partial charge in [-0.25, -0.2) is 4.98 Å². The van der Waals surface area contributed by atoms with Crippen molar-refractivity contribution in [3.05, 3.63) is 81.3 Å². The van der Waals surface area contributed by atoms with Gasteiger partial charge < -0.3 is 24.8 Å². The van der Waals surface area contributed by atoms with E-state index in [-0.39, 0.29) is 28.7 Å². The molecule has 0 spiro atoms. The fraction of sp³-hybridized carbons (Fsp3) is 0.343. The van der Waals surface area contributed by atoms with Crippen LogP contribution in [0.4, 0.5) is 11.6 Å². The molecule has 0 saturated carbocycles. The highest BCUT2D eigenvalue weighted by Crippen LogP contribution is 2.38. The number of likely N-dealkylation sites (N-methyl/N-ethyl adjacent to an activating group) is 1. The van der Waals surface area contributed by atoms with Crippen molar-refractivity contribution in [3.63, 3.8) is 0 Å². The Bertz CT molecular complexity index is 1980. The largest absolute Gasteiger partial charge is 0.497 e. The van der Waals surface area contributed by atoms with Gasteiger partial charge in [-0.1, -0.05) is 23.7 Å². The summed E-state index contributed by atoms with van der Waals surface area (Å²) in [5, 5.41) is 16.5. The van der Waals surface area contributed by atoms with E-state index in [1.165, 1.54) is 14.2 Å². The molecule has 13 heteroatoms. The highest BCUT2D eigenvalue weighted by molar-refractivity contribution is 6.35. The summed E-state index contributed by atoms with van der Waals surface area (Å²) in [4.78, 5) is 38.4. The summed E-state index contributed by atoms with van der Waals surface area (Å²) in [7, 11) is 6.68. The zero-order valence-corrected chi connectivity index (χ0v) is 28.5. The number of aryl methyl sites for hydroxylation is 2. The number of hydrogen-bond donors (Lipinski definition) is 2. The second kappa shape index (κ2) is 14.4. The van der Waals surface area contributed by atoms with Crippen molar-refractivity contribution >= 4 is 40.2 Å². The molecule has 48 heavy (non-hydrogen) atoms. The van der Waals surface area contributed by atoms with Crippen LogP contribution in [-0.2, 0) is 22.5 Å². The first-order valence-electron chi connectivity index (χ1n) is 15.3. The number of carbonyl (C=O) groups is 1. The first kappa shape index (κ1) is 34.4. The van der Waals surface area contributed by atoms with Crippen LogP contribution in [0, 0.1) is 11.3 Å². The number of fused-ring (bicyclic) bond motifs is 1. The second-order valence-corrected chi connectivity index (χ2v) is 12.3. The van der Waals surface area contributed by atoms with Crippen molar-refractivity contribution < 1.29 is 19.0 Å². The Labute approximate surface area is 283 Å². The molecule has 0 bridgehead atoms. The van der Waals surface area contributed by atoms with Gasteiger partial charge in [-0.3, -0.25) is 19.1 Å². The summed E-state index contributed by atoms with van der Waals surface area (Å²) in [5.41, 5.74) is 1.78. The number of nitrogens with zero attached hydrogens (tertiary/aromatic N) is 5. The van der Waals surface area contributed by atoms with Crippen LogP contribution in [0.2, 0.25) is 5.02 Å². The molecule has 0 unspecified atom stereocenters. The van der Waals surface area contributed by atoms with Crippen LogP contribution in [0.15, 0.2) is 65.1 Å². The van der Waals surface area contributed by atoms with E-state index in [1.54, 1.807) is 48.2 Å². The van der Waals surface area contributed by atoms with Crippen molar-refractivity contribution in [2.75, 3.05) is 52.2 Å². The first-order valence-corrected chi connectivity index (χ1v) is 15.7. The van der Waals surface area contributed by atoms with Gasteiger partial charge in [0.05, 0.1) is 38.5 Å². The standard InChI is InChI=1S/C35H38ClN7O5/c1-35(2,42(4)25-19-48-20-25)16-23(17-37)32(44)40-24-9-7-8-21(12-24)10-11-43-31-22(18-39-34(38-3)41-31)13-28(33(43)45)27-14-26(46-5)15-29(47-6)30(27)36/h7-9,12-16,18,25H,10-11,19-20H2,1-6H3,(H,40,44)(H,38,39,41). The third-order valence-electron chi connectivity index (χ3n) is 8.56. The molecule has 0 aliphatic carbocycles. The fourth-order valence-electron chi connectivity index (χ4n) is 5.48. The number of rotatable bonds is 12. The molecule has 5 rings (SSSR count). The molecule has 1 fully saturated rings. The lowest BCUT2D eigenvalue weighted by molar-refractivity contribution is -0.112. The van der Waals surface area contributed by atoms with E-state index in [4.69, 9.17) is 25.8 Å². The lowest BCUT2D eigenvalue weighted by Crippen LogP contribution is -2.55. The fourth-order valence-corrected chi connectivity index (χ4v) is 5.77. The number of nitrogens with one attached hydrogen (secondary N) is 2. The van der Waals surface area contributed by atoms with Gasteiger partial charge in [-0.05, 0) is 63.2 Å². The van der Waals surface area contributed by atoms with Crippen LogP contribution >= 0.6 is 11.6 Å². The molecule has 2 aromatic carbocycles. The van der Waals surface area contributed by atoms with Gasteiger partial charge in [0.2, 0.25) is 5.95 Å². The highest BCUT2D eigenvalue weighted by Gasteiger charge is 2.33. The zero-order chi connectivity index (χ0) is 34.6. The molecule has 250 valence electrons. The lowest BCUT2D eigenvalue weighted by atomic mass is 9.96. The van der Waals surface area contributed by atoms with Crippen molar-refractivity contribution in [1.29, 1.82) is 5.26 Å². The average Bonchev–Trinajstić information content (AvgIpc) is 3.05. The van der Waals surface area contributed by atoms with Gasteiger partial charge in [-0.15, -0.1) is 0 Å². The second-order valence-electron chi connectivity index (χ2n) is 12.0. The average molecular weight is 672 g/mol. The topological polar surface area (TPSA) is 144 Å². The lowest BCUT2D eigenvalue weighted by Gasteiger charge is -2.43. The molecule has 4 aromatic rings. The van der Waals surface area contributed by atoms with E-state index in [0.29, 0.717) is 64.9 Å². The number of pyridine rings is 1. The number of amides is 1. The summed E-state index contributed by atoms with van der Waals surface area (Å²) >= 11 is 6.70. The number of carbonyl (C=O) groups excluding carboxylic acids is 1. The molecular formula is C35H38ClN7O5. The predicted molar refractivity (Wildman–Crippen MR) is 186 cm³/mol. The van der Waals surface area contributed by atoms with E-state index in [2.05, 4.69) is 25.5 Å². The minimum Gasteiger partial charge on any atom is -0.497 e.